The molecule has 2 saturated carbocycles. The van der Waals surface area contributed by atoms with Crippen molar-refractivity contribution in [2.45, 2.75) is 76.0 Å². The molecule has 188 valence electrons. The average Bonchev–Trinajstić information content (AvgIpc) is 3.49. The molecule has 2 aliphatic rings. The smallest absolute Gasteiger partial charge is 0.227 e. The lowest BCUT2D eigenvalue weighted by Gasteiger charge is -2.27. The predicted octanol–water partition coefficient (Wildman–Crippen LogP) is 5.13. The van der Waals surface area contributed by atoms with Crippen molar-refractivity contribution in [1.29, 1.82) is 0 Å². The zero-order valence-corrected chi connectivity index (χ0v) is 21.5. The molecule has 5 rings (SSSR count). The van der Waals surface area contributed by atoms with Gasteiger partial charge in [0.05, 0.1) is 6.33 Å². The molecule has 0 saturated heterocycles. The Morgan fingerprint density at radius 1 is 0.943 bits per heavy atom. The fraction of sp³-hybridized carbons (Fsp3) is 0.560. The normalized spacial score (nSPS) is 21.0. The molecule has 0 radical (unpaired) electrons. The number of nitrogens with one attached hydrogen (secondary N) is 3. The van der Waals surface area contributed by atoms with Crippen LogP contribution < -0.4 is 21.7 Å². The van der Waals surface area contributed by atoms with Crippen molar-refractivity contribution >= 4 is 46.1 Å². The predicted molar refractivity (Wildman–Crippen MR) is 143 cm³/mol. The summed E-state index contributed by atoms with van der Waals surface area (Å²) in [4.78, 5) is 14.5. The molecule has 2 fully saturated rings. The Kier molecular flexibility index (Phi) is 7.92. The van der Waals surface area contributed by atoms with Crippen LogP contribution in [0.25, 0.3) is 11.2 Å². The second-order valence-electron chi connectivity index (χ2n) is 9.80. The second-order valence-corrected chi connectivity index (χ2v) is 10.7. The molecule has 1 aromatic carbocycles. The summed E-state index contributed by atoms with van der Waals surface area (Å²) in [6.07, 6.45) is 11.0. The first-order valence-corrected chi connectivity index (χ1v) is 13.5. The SMILES string of the molecule is NC1CCC(Nc2nc(NCCNCc3cc(Cl)cc(Cl)c3)c3ncn(C4CCCC4)c3n2)CC1. The van der Waals surface area contributed by atoms with E-state index in [2.05, 4.69) is 20.5 Å². The summed E-state index contributed by atoms with van der Waals surface area (Å²) in [6.45, 7) is 2.14. The first-order valence-electron chi connectivity index (χ1n) is 12.7. The number of aromatic nitrogens is 4. The molecule has 3 aromatic rings. The van der Waals surface area contributed by atoms with Crippen LogP contribution in [0.15, 0.2) is 24.5 Å². The zero-order valence-electron chi connectivity index (χ0n) is 19.9. The summed E-state index contributed by atoms with van der Waals surface area (Å²) >= 11 is 12.2. The van der Waals surface area contributed by atoms with Gasteiger partial charge < -0.3 is 26.3 Å². The first kappa shape index (κ1) is 24.6. The Balaban J connectivity index is 1.28. The number of nitrogens with zero attached hydrogens (tertiary/aromatic N) is 4. The van der Waals surface area contributed by atoms with E-state index < -0.39 is 0 Å². The number of nitrogens with two attached hydrogens (primary N) is 1. The lowest BCUT2D eigenvalue weighted by Crippen LogP contribution is -2.33. The van der Waals surface area contributed by atoms with E-state index in [4.69, 9.17) is 43.9 Å². The highest BCUT2D eigenvalue weighted by Crippen LogP contribution is 2.33. The quantitative estimate of drug-likeness (QED) is 0.292. The van der Waals surface area contributed by atoms with Gasteiger partial charge in [-0.05, 0) is 62.3 Å². The second kappa shape index (κ2) is 11.3. The van der Waals surface area contributed by atoms with Crippen LogP contribution in [0.5, 0.6) is 0 Å². The topological polar surface area (TPSA) is 106 Å². The third-order valence-corrected chi connectivity index (χ3v) is 7.53. The van der Waals surface area contributed by atoms with Crippen LogP contribution in [0.1, 0.15) is 63.0 Å². The molecule has 5 N–H and O–H groups in total. The maximum Gasteiger partial charge on any atom is 0.227 e. The van der Waals surface area contributed by atoms with Crippen LogP contribution in [0.4, 0.5) is 11.8 Å². The molecule has 2 aromatic heterocycles. The van der Waals surface area contributed by atoms with Crippen molar-refractivity contribution in [2.75, 3.05) is 23.7 Å². The van der Waals surface area contributed by atoms with E-state index in [1.807, 2.05) is 18.5 Å². The summed E-state index contributed by atoms with van der Waals surface area (Å²) in [5.74, 6) is 1.44. The monoisotopic (exact) mass is 516 g/mol. The minimum atomic E-state index is 0.313. The van der Waals surface area contributed by atoms with Gasteiger partial charge in [0.25, 0.3) is 0 Å². The van der Waals surface area contributed by atoms with Crippen molar-refractivity contribution in [2.24, 2.45) is 5.73 Å². The molecule has 0 unspecified atom stereocenters. The van der Waals surface area contributed by atoms with Gasteiger partial charge in [0, 0.05) is 47.8 Å². The Bertz CT molecular complexity index is 1120. The van der Waals surface area contributed by atoms with E-state index in [1.54, 1.807) is 6.07 Å². The Labute approximate surface area is 216 Å². The van der Waals surface area contributed by atoms with Gasteiger partial charge in [-0.1, -0.05) is 36.0 Å². The molecule has 0 aliphatic heterocycles. The average molecular weight is 518 g/mol. The molecule has 0 atom stereocenters. The summed E-state index contributed by atoms with van der Waals surface area (Å²) < 4.78 is 2.25. The molecule has 2 aliphatic carbocycles. The molecule has 2 heterocycles. The van der Waals surface area contributed by atoms with Gasteiger partial charge in [0.15, 0.2) is 17.0 Å². The Hall–Kier alpha value is -2.13. The van der Waals surface area contributed by atoms with Crippen molar-refractivity contribution in [3.8, 4) is 0 Å². The van der Waals surface area contributed by atoms with E-state index in [0.717, 1.165) is 54.8 Å². The fourth-order valence-electron chi connectivity index (χ4n) is 5.22. The summed E-state index contributed by atoms with van der Waals surface area (Å²) in [5.41, 5.74) is 8.89. The van der Waals surface area contributed by atoms with Crippen LogP contribution in [0, 0.1) is 0 Å². The number of rotatable bonds is 9. The lowest BCUT2D eigenvalue weighted by atomic mass is 9.92. The van der Waals surface area contributed by atoms with E-state index in [1.165, 1.54) is 25.7 Å². The maximum absolute atomic E-state index is 6.11. The highest BCUT2D eigenvalue weighted by Gasteiger charge is 2.23. The van der Waals surface area contributed by atoms with E-state index in [0.29, 0.717) is 47.2 Å². The number of anilines is 2. The number of hydrogen-bond donors (Lipinski definition) is 4. The molecule has 35 heavy (non-hydrogen) atoms. The zero-order chi connectivity index (χ0) is 24.2. The van der Waals surface area contributed by atoms with E-state index in [9.17, 15) is 0 Å². The highest BCUT2D eigenvalue weighted by atomic mass is 35.5. The van der Waals surface area contributed by atoms with Crippen molar-refractivity contribution in [3.05, 3.63) is 40.1 Å². The lowest BCUT2D eigenvalue weighted by molar-refractivity contribution is 0.410. The van der Waals surface area contributed by atoms with Crippen LogP contribution >= 0.6 is 23.2 Å². The number of benzene rings is 1. The standard InChI is InChI=1S/C25H34Cl2N8/c26-17-11-16(12-18(27)13-17)14-29-9-10-30-23-22-24(35(15-31-22)21-3-1-2-4-21)34-25(33-23)32-20-7-5-19(28)6-8-20/h11-13,15,19-21,29H,1-10,14,28H2,(H2,30,32,33,34). The van der Waals surface area contributed by atoms with Gasteiger partial charge >= 0.3 is 0 Å². The van der Waals surface area contributed by atoms with Gasteiger partial charge in [-0.3, -0.25) is 0 Å². The van der Waals surface area contributed by atoms with Crippen molar-refractivity contribution in [3.63, 3.8) is 0 Å². The van der Waals surface area contributed by atoms with Crippen molar-refractivity contribution in [1.82, 2.24) is 24.8 Å². The first-order chi connectivity index (χ1) is 17.0. The minimum Gasteiger partial charge on any atom is -0.367 e. The summed E-state index contributed by atoms with van der Waals surface area (Å²) in [5, 5.41) is 11.8. The number of hydrogen-bond acceptors (Lipinski definition) is 7. The van der Waals surface area contributed by atoms with Crippen LogP contribution in [-0.4, -0.2) is 44.7 Å². The van der Waals surface area contributed by atoms with Crippen LogP contribution in [0.3, 0.4) is 0 Å². The number of imidazole rings is 1. The van der Waals surface area contributed by atoms with E-state index >= 15 is 0 Å². The number of halogens is 2. The largest absolute Gasteiger partial charge is 0.367 e. The summed E-state index contributed by atoms with van der Waals surface area (Å²) in [6, 6.07) is 6.73. The third kappa shape index (κ3) is 6.17. The Morgan fingerprint density at radius 3 is 2.43 bits per heavy atom. The highest BCUT2D eigenvalue weighted by molar-refractivity contribution is 6.34. The van der Waals surface area contributed by atoms with Crippen LogP contribution in [-0.2, 0) is 6.54 Å². The molecular weight excluding hydrogens is 483 g/mol. The Morgan fingerprint density at radius 2 is 1.69 bits per heavy atom. The molecule has 0 bridgehead atoms. The van der Waals surface area contributed by atoms with Gasteiger partial charge in [-0.15, -0.1) is 0 Å². The molecule has 0 spiro atoms. The third-order valence-electron chi connectivity index (χ3n) is 7.09. The fourth-order valence-corrected chi connectivity index (χ4v) is 5.79. The maximum atomic E-state index is 6.11. The van der Waals surface area contributed by atoms with Crippen molar-refractivity contribution < 1.29 is 0 Å². The molecular formula is C25H34Cl2N8. The minimum absolute atomic E-state index is 0.313. The van der Waals surface area contributed by atoms with Gasteiger partial charge in [0.2, 0.25) is 5.95 Å². The number of fused-ring (bicyclic) bond motifs is 1. The van der Waals surface area contributed by atoms with E-state index in [-0.39, 0.29) is 0 Å². The van der Waals surface area contributed by atoms with Gasteiger partial charge in [-0.25, -0.2) is 4.98 Å². The van der Waals surface area contributed by atoms with Crippen LogP contribution in [0.2, 0.25) is 10.0 Å². The molecule has 0 amide bonds. The summed E-state index contributed by atoms with van der Waals surface area (Å²) in [7, 11) is 0. The van der Waals surface area contributed by atoms with Gasteiger partial charge in [0.1, 0.15) is 0 Å². The van der Waals surface area contributed by atoms with Gasteiger partial charge in [-0.2, -0.15) is 9.97 Å². The molecule has 10 heteroatoms. The molecule has 8 nitrogen and oxygen atoms in total.